The van der Waals surface area contributed by atoms with Gasteiger partial charge in [0.15, 0.2) is 0 Å². The average molecular weight is 216 g/mol. The summed E-state index contributed by atoms with van der Waals surface area (Å²) >= 11 is 0. The Bertz CT molecular complexity index is 152. The maximum Gasteiger partial charge on any atom is 0.0700 e. The topological polar surface area (TPSA) is 33.7 Å². The van der Waals surface area contributed by atoms with Crippen LogP contribution in [-0.4, -0.2) is 64.6 Å². The molecule has 1 fully saturated rings. The van der Waals surface area contributed by atoms with Crippen LogP contribution in [0, 0.1) is 0 Å². The number of methoxy groups -OCH3 is 1. The van der Waals surface area contributed by atoms with Crippen LogP contribution >= 0.6 is 0 Å². The van der Waals surface area contributed by atoms with Crippen molar-refractivity contribution in [1.82, 2.24) is 10.2 Å². The third-order valence-corrected chi connectivity index (χ3v) is 2.55. The summed E-state index contributed by atoms with van der Waals surface area (Å²) in [5.41, 5.74) is 0. The summed E-state index contributed by atoms with van der Waals surface area (Å²) in [6.07, 6.45) is 2.73. The third-order valence-electron chi connectivity index (χ3n) is 2.55. The van der Waals surface area contributed by atoms with Gasteiger partial charge < -0.3 is 19.7 Å². The molecule has 0 saturated heterocycles. The maximum absolute atomic E-state index is 5.40. The van der Waals surface area contributed by atoms with Crippen LogP contribution in [0.3, 0.4) is 0 Å². The third kappa shape index (κ3) is 7.73. The minimum Gasteiger partial charge on any atom is -0.382 e. The molecule has 15 heavy (non-hydrogen) atoms. The molecule has 0 bridgehead atoms. The Morgan fingerprint density at radius 1 is 1.20 bits per heavy atom. The number of ether oxygens (including phenoxy) is 2. The van der Waals surface area contributed by atoms with Crippen LogP contribution in [0.1, 0.15) is 12.8 Å². The van der Waals surface area contributed by atoms with Crippen LogP contribution in [0.2, 0.25) is 0 Å². The molecule has 0 aromatic rings. The molecule has 0 atom stereocenters. The Morgan fingerprint density at radius 3 is 2.67 bits per heavy atom. The summed E-state index contributed by atoms with van der Waals surface area (Å²) in [6.45, 7) is 5.38. The van der Waals surface area contributed by atoms with Crippen molar-refractivity contribution in [3.63, 3.8) is 0 Å². The highest BCUT2D eigenvalue weighted by Gasteiger charge is 2.19. The quantitative estimate of drug-likeness (QED) is 0.534. The SMILES string of the molecule is COCCOCCN(C)CCNC1CC1. The molecular weight excluding hydrogens is 192 g/mol. The van der Waals surface area contributed by atoms with Crippen LogP contribution < -0.4 is 5.32 Å². The molecular formula is C11H24N2O2. The molecule has 0 amide bonds. The van der Waals surface area contributed by atoms with E-state index >= 15 is 0 Å². The summed E-state index contributed by atoms with van der Waals surface area (Å²) in [6, 6.07) is 0.816. The Labute approximate surface area is 92.9 Å². The molecule has 0 unspecified atom stereocenters. The van der Waals surface area contributed by atoms with Crippen molar-refractivity contribution in [2.75, 3.05) is 53.6 Å². The van der Waals surface area contributed by atoms with Gasteiger partial charge in [-0.05, 0) is 19.9 Å². The van der Waals surface area contributed by atoms with Crippen molar-refractivity contribution in [2.24, 2.45) is 0 Å². The number of hydrogen-bond acceptors (Lipinski definition) is 4. The van der Waals surface area contributed by atoms with Crippen molar-refractivity contribution in [3.05, 3.63) is 0 Å². The first kappa shape index (κ1) is 12.9. The van der Waals surface area contributed by atoms with Crippen molar-refractivity contribution < 1.29 is 9.47 Å². The van der Waals surface area contributed by atoms with Crippen LogP contribution in [0.4, 0.5) is 0 Å². The average Bonchev–Trinajstić information content (AvgIpc) is 3.01. The lowest BCUT2D eigenvalue weighted by Gasteiger charge is -2.16. The Morgan fingerprint density at radius 2 is 2.00 bits per heavy atom. The van der Waals surface area contributed by atoms with E-state index in [0.29, 0.717) is 13.2 Å². The zero-order chi connectivity index (χ0) is 10.9. The summed E-state index contributed by atoms with van der Waals surface area (Å²) in [5, 5.41) is 3.50. The zero-order valence-electron chi connectivity index (χ0n) is 10.00. The first-order valence-electron chi connectivity index (χ1n) is 5.81. The molecule has 4 heteroatoms. The number of nitrogens with one attached hydrogen (secondary N) is 1. The molecule has 0 heterocycles. The first-order valence-corrected chi connectivity index (χ1v) is 5.81. The lowest BCUT2D eigenvalue weighted by Crippen LogP contribution is -2.32. The molecule has 1 aliphatic rings. The summed E-state index contributed by atoms with van der Waals surface area (Å²) in [5.74, 6) is 0. The molecule has 0 radical (unpaired) electrons. The fourth-order valence-electron chi connectivity index (χ4n) is 1.32. The highest BCUT2D eigenvalue weighted by atomic mass is 16.5. The van der Waals surface area contributed by atoms with Gasteiger partial charge in [-0.1, -0.05) is 0 Å². The van der Waals surface area contributed by atoms with Crippen LogP contribution in [0.25, 0.3) is 0 Å². The highest BCUT2D eigenvalue weighted by molar-refractivity contribution is 4.80. The normalized spacial score (nSPS) is 16.2. The molecule has 1 saturated carbocycles. The van der Waals surface area contributed by atoms with Gasteiger partial charge in [-0.3, -0.25) is 0 Å². The molecule has 90 valence electrons. The molecule has 1 N–H and O–H groups in total. The molecule has 4 nitrogen and oxygen atoms in total. The van der Waals surface area contributed by atoms with Gasteiger partial charge in [0, 0.05) is 32.8 Å². The minimum atomic E-state index is 0.687. The molecule has 0 spiro atoms. The minimum absolute atomic E-state index is 0.687. The maximum atomic E-state index is 5.40. The van der Waals surface area contributed by atoms with E-state index in [0.717, 1.165) is 32.3 Å². The van der Waals surface area contributed by atoms with Gasteiger partial charge >= 0.3 is 0 Å². The van der Waals surface area contributed by atoms with Gasteiger partial charge in [-0.15, -0.1) is 0 Å². The number of nitrogens with zero attached hydrogens (tertiary/aromatic N) is 1. The lowest BCUT2D eigenvalue weighted by atomic mass is 10.5. The second kappa shape index (κ2) is 8.05. The van der Waals surface area contributed by atoms with Crippen molar-refractivity contribution in [3.8, 4) is 0 Å². The van der Waals surface area contributed by atoms with Gasteiger partial charge in [0.2, 0.25) is 0 Å². The second-order valence-corrected chi connectivity index (χ2v) is 4.14. The number of rotatable bonds is 10. The molecule has 0 aromatic carbocycles. The Kier molecular flexibility index (Phi) is 6.92. The Hall–Kier alpha value is -0.160. The van der Waals surface area contributed by atoms with Gasteiger partial charge in [0.05, 0.1) is 19.8 Å². The lowest BCUT2D eigenvalue weighted by molar-refractivity contribution is 0.0607. The van der Waals surface area contributed by atoms with Gasteiger partial charge in [-0.25, -0.2) is 0 Å². The van der Waals surface area contributed by atoms with Crippen molar-refractivity contribution in [2.45, 2.75) is 18.9 Å². The Balaban J connectivity index is 1.77. The summed E-state index contributed by atoms with van der Waals surface area (Å²) in [4.78, 5) is 2.29. The molecule has 0 aliphatic heterocycles. The van der Waals surface area contributed by atoms with Crippen LogP contribution in [-0.2, 0) is 9.47 Å². The highest BCUT2D eigenvalue weighted by Crippen LogP contribution is 2.17. The first-order chi connectivity index (χ1) is 7.33. The van der Waals surface area contributed by atoms with E-state index in [-0.39, 0.29) is 0 Å². The predicted octanol–water partition coefficient (Wildman–Crippen LogP) is 0.333. The van der Waals surface area contributed by atoms with Gasteiger partial charge in [0.25, 0.3) is 0 Å². The second-order valence-electron chi connectivity index (χ2n) is 4.14. The number of likely N-dealkylation sites (N-methyl/N-ethyl adjacent to an activating group) is 1. The molecule has 0 aromatic heterocycles. The zero-order valence-corrected chi connectivity index (χ0v) is 10.00. The van der Waals surface area contributed by atoms with E-state index in [2.05, 4.69) is 17.3 Å². The van der Waals surface area contributed by atoms with E-state index in [1.54, 1.807) is 7.11 Å². The smallest absolute Gasteiger partial charge is 0.0700 e. The van der Waals surface area contributed by atoms with Crippen molar-refractivity contribution in [1.29, 1.82) is 0 Å². The van der Waals surface area contributed by atoms with E-state index in [1.165, 1.54) is 12.8 Å². The number of hydrogen-bond donors (Lipinski definition) is 1. The van der Waals surface area contributed by atoms with Crippen LogP contribution in [0.15, 0.2) is 0 Å². The van der Waals surface area contributed by atoms with E-state index in [1.807, 2.05) is 0 Å². The summed E-state index contributed by atoms with van der Waals surface area (Å²) in [7, 11) is 3.83. The van der Waals surface area contributed by atoms with E-state index < -0.39 is 0 Å². The van der Waals surface area contributed by atoms with E-state index in [4.69, 9.17) is 9.47 Å². The standard InChI is InChI=1S/C11H24N2O2/c1-13(6-5-12-11-3-4-11)7-8-15-10-9-14-2/h11-12H,3-10H2,1-2H3. The van der Waals surface area contributed by atoms with Gasteiger partial charge in [-0.2, -0.15) is 0 Å². The van der Waals surface area contributed by atoms with Crippen LogP contribution in [0.5, 0.6) is 0 Å². The molecule has 1 rings (SSSR count). The van der Waals surface area contributed by atoms with Gasteiger partial charge in [0.1, 0.15) is 0 Å². The fourth-order valence-corrected chi connectivity index (χ4v) is 1.32. The molecule has 1 aliphatic carbocycles. The monoisotopic (exact) mass is 216 g/mol. The fraction of sp³-hybridized carbons (Fsp3) is 1.00. The van der Waals surface area contributed by atoms with E-state index in [9.17, 15) is 0 Å². The largest absolute Gasteiger partial charge is 0.382 e. The van der Waals surface area contributed by atoms with Crippen molar-refractivity contribution >= 4 is 0 Å². The predicted molar refractivity (Wildman–Crippen MR) is 61.2 cm³/mol. The summed E-state index contributed by atoms with van der Waals surface area (Å²) < 4.78 is 10.3.